The minimum Gasteiger partial charge on any atom is -0.348 e. The van der Waals surface area contributed by atoms with Crippen LogP contribution in [0.25, 0.3) is 0 Å². The average Bonchev–Trinajstić information content (AvgIpc) is 2.93. The van der Waals surface area contributed by atoms with Gasteiger partial charge in [-0.25, -0.2) is 4.98 Å². The van der Waals surface area contributed by atoms with Crippen molar-refractivity contribution >= 4 is 23.2 Å². The molecule has 0 saturated heterocycles. The van der Waals surface area contributed by atoms with Crippen LogP contribution in [0.4, 0.5) is 5.95 Å². The van der Waals surface area contributed by atoms with E-state index in [0.717, 1.165) is 29.0 Å². The van der Waals surface area contributed by atoms with Gasteiger partial charge in [-0.1, -0.05) is 0 Å². The first-order valence-corrected chi connectivity index (χ1v) is 10.1. The third-order valence-corrected chi connectivity index (χ3v) is 6.41. The molecule has 26 heavy (non-hydrogen) atoms. The molecule has 7 heteroatoms. The number of carbonyl (C=O) groups is 1. The number of nitrogens with one attached hydrogen (secondary N) is 1. The van der Waals surface area contributed by atoms with Crippen LogP contribution in [0.2, 0.25) is 0 Å². The van der Waals surface area contributed by atoms with E-state index in [2.05, 4.69) is 15.3 Å². The first-order valence-electron chi connectivity index (χ1n) is 9.22. The monoisotopic (exact) mass is 372 g/mol. The highest BCUT2D eigenvalue weighted by molar-refractivity contribution is 7.12. The Kier molecular flexibility index (Phi) is 4.56. The molecule has 3 heterocycles. The van der Waals surface area contributed by atoms with Crippen molar-refractivity contribution in [3.63, 3.8) is 0 Å². The Morgan fingerprint density at radius 1 is 1.15 bits per heavy atom. The lowest BCUT2D eigenvalue weighted by Crippen LogP contribution is -2.33. The van der Waals surface area contributed by atoms with Gasteiger partial charge in [-0.15, -0.1) is 11.3 Å². The molecule has 0 saturated carbocycles. The summed E-state index contributed by atoms with van der Waals surface area (Å²) in [5.41, 5.74) is 4.08. The van der Waals surface area contributed by atoms with Crippen LogP contribution in [0.1, 0.15) is 44.9 Å². The van der Waals surface area contributed by atoms with E-state index < -0.39 is 0 Å². The van der Waals surface area contributed by atoms with Crippen LogP contribution >= 0.6 is 11.3 Å². The molecule has 138 valence electrons. The first-order chi connectivity index (χ1) is 12.5. The maximum atomic E-state index is 13.1. The number of hydrogen-bond donors (Lipinski definition) is 1. The lowest BCUT2D eigenvalue weighted by molar-refractivity contribution is 0.0766. The fraction of sp³-hybridized carbons (Fsp3) is 0.526. The van der Waals surface area contributed by atoms with Gasteiger partial charge in [-0.05, 0) is 48.6 Å². The molecular formula is C19H24N4O2S. The fourth-order valence-electron chi connectivity index (χ4n) is 3.85. The minimum absolute atomic E-state index is 0.0819. The predicted molar refractivity (Wildman–Crippen MR) is 103 cm³/mol. The smallest absolute Gasteiger partial charge is 0.264 e. The number of hydrogen-bond acceptors (Lipinski definition) is 5. The molecule has 1 aliphatic heterocycles. The van der Waals surface area contributed by atoms with Crippen LogP contribution in [-0.2, 0) is 25.7 Å². The van der Waals surface area contributed by atoms with Crippen molar-refractivity contribution in [2.75, 3.05) is 32.1 Å². The normalized spacial score (nSPS) is 16.6. The number of thiophene rings is 1. The van der Waals surface area contributed by atoms with Gasteiger partial charge in [0, 0.05) is 39.2 Å². The minimum atomic E-state index is -0.0819. The van der Waals surface area contributed by atoms with Crippen LogP contribution < -0.4 is 10.5 Å². The molecule has 0 bridgehead atoms. The number of nitrogens with zero attached hydrogens (tertiary/aromatic N) is 3. The SMILES string of the molecule is CN(C)c1nc2c(c(=O)[nH]1)CCN(C(=O)c1scc3c1CCCC3)CC2. The highest BCUT2D eigenvalue weighted by atomic mass is 32.1. The summed E-state index contributed by atoms with van der Waals surface area (Å²) in [6.07, 6.45) is 5.68. The Balaban J connectivity index is 1.57. The zero-order valence-corrected chi connectivity index (χ0v) is 16.1. The van der Waals surface area contributed by atoms with Gasteiger partial charge >= 0.3 is 0 Å². The van der Waals surface area contributed by atoms with E-state index in [1.807, 2.05) is 19.0 Å². The van der Waals surface area contributed by atoms with Crippen molar-refractivity contribution in [2.24, 2.45) is 0 Å². The Bertz CT molecular complexity index is 899. The van der Waals surface area contributed by atoms with Crippen LogP contribution in [0.5, 0.6) is 0 Å². The molecule has 2 aliphatic rings. The molecule has 0 aromatic carbocycles. The van der Waals surface area contributed by atoms with Crippen LogP contribution in [0, 0.1) is 0 Å². The van der Waals surface area contributed by atoms with Crippen LogP contribution in [0.3, 0.4) is 0 Å². The van der Waals surface area contributed by atoms with Crippen molar-refractivity contribution < 1.29 is 4.79 Å². The second-order valence-corrected chi connectivity index (χ2v) is 8.16. The number of H-pyrrole nitrogens is 1. The molecule has 2 aromatic heterocycles. The number of aromatic nitrogens is 2. The zero-order chi connectivity index (χ0) is 18.3. The van der Waals surface area contributed by atoms with Crippen molar-refractivity contribution in [1.82, 2.24) is 14.9 Å². The standard InChI is InChI=1S/C19H24N4O2S/c1-22(2)19-20-15-8-10-23(9-7-14(15)17(24)21-19)18(25)16-13-6-4-3-5-12(13)11-26-16/h11H,3-10H2,1-2H3,(H,20,21,24). The van der Waals surface area contributed by atoms with Crippen molar-refractivity contribution in [1.29, 1.82) is 0 Å². The summed E-state index contributed by atoms with van der Waals surface area (Å²) in [5.74, 6) is 0.691. The Morgan fingerprint density at radius 2 is 1.92 bits per heavy atom. The first kappa shape index (κ1) is 17.3. The predicted octanol–water partition coefficient (Wildman–Crippen LogP) is 2.02. The van der Waals surface area contributed by atoms with Gasteiger partial charge in [0.2, 0.25) is 5.95 Å². The summed E-state index contributed by atoms with van der Waals surface area (Å²) in [4.78, 5) is 37.6. The number of amides is 1. The van der Waals surface area contributed by atoms with Gasteiger partial charge in [0.05, 0.1) is 10.6 Å². The molecule has 0 fully saturated rings. The van der Waals surface area contributed by atoms with Crippen molar-refractivity contribution in [3.8, 4) is 0 Å². The van der Waals surface area contributed by atoms with E-state index in [1.165, 1.54) is 24.0 Å². The van der Waals surface area contributed by atoms with E-state index in [4.69, 9.17) is 0 Å². The topological polar surface area (TPSA) is 69.3 Å². The van der Waals surface area contributed by atoms with Gasteiger partial charge in [0.1, 0.15) is 0 Å². The molecule has 0 unspecified atom stereocenters. The van der Waals surface area contributed by atoms with E-state index in [0.29, 0.717) is 31.9 Å². The van der Waals surface area contributed by atoms with E-state index >= 15 is 0 Å². The molecule has 0 atom stereocenters. The van der Waals surface area contributed by atoms with E-state index in [-0.39, 0.29) is 11.5 Å². The summed E-state index contributed by atoms with van der Waals surface area (Å²) in [6, 6.07) is 0. The van der Waals surface area contributed by atoms with Gasteiger partial charge in [0.15, 0.2) is 0 Å². The number of fused-ring (bicyclic) bond motifs is 2. The average molecular weight is 372 g/mol. The molecule has 1 aliphatic carbocycles. The third-order valence-electron chi connectivity index (χ3n) is 5.35. The van der Waals surface area contributed by atoms with Gasteiger partial charge in [-0.2, -0.15) is 0 Å². The Hall–Kier alpha value is -2.15. The molecule has 0 radical (unpaired) electrons. The van der Waals surface area contributed by atoms with Crippen LogP contribution in [0.15, 0.2) is 10.2 Å². The lowest BCUT2D eigenvalue weighted by Gasteiger charge is -2.21. The number of anilines is 1. The molecule has 2 aromatic rings. The third kappa shape index (κ3) is 3.05. The molecular weight excluding hydrogens is 348 g/mol. The number of carbonyl (C=O) groups excluding carboxylic acids is 1. The molecule has 4 rings (SSSR count). The zero-order valence-electron chi connectivity index (χ0n) is 15.3. The Labute approximate surface area is 156 Å². The van der Waals surface area contributed by atoms with Crippen molar-refractivity contribution in [2.45, 2.75) is 38.5 Å². The largest absolute Gasteiger partial charge is 0.348 e. The van der Waals surface area contributed by atoms with E-state index in [9.17, 15) is 9.59 Å². The number of rotatable bonds is 2. The molecule has 1 amide bonds. The quantitative estimate of drug-likeness (QED) is 0.876. The van der Waals surface area contributed by atoms with E-state index in [1.54, 1.807) is 16.2 Å². The number of aromatic amines is 1. The molecule has 0 spiro atoms. The van der Waals surface area contributed by atoms with Crippen molar-refractivity contribution in [3.05, 3.63) is 43.0 Å². The van der Waals surface area contributed by atoms with Gasteiger partial charge < -0.3 is 9.80 Å². The Morgan fingerprint density at radius 3 is 2.73 bits per heavy atom. The highest BCUT2D eigenvalue weighted by Crippen LogP contribution is 2.31. The summed E-state index contributed by atoms with van der Waals surface area (Å²) in [7, 11) is 3.72. The second kappa shape index (κ2) is 6.87. The van der Waals surface area contributed by atoms with Crippen LogP contribution in [-0.4, -0.2) is 48.0 Å². The summed E-state index contributed by atoms with van der Waals surface area (Å²) >= 11 is 1.59. The molecule has 6 nitrogen and oxygen atoms in total. The summed E-state index contributed by atoms with van der Waals surface area (Å²) in [6.45, 7) is 1.19. The fourth-order valence-corrected chi connectivity index (χ4v) is 4.98. The second-order valence-electron chi connectivity index (χ2n) is 7.28. The van der Waals surface area contributed by atoms with Gasteiger partial charge in [0.25, 0.3) is 11.5 Å². The maximum Gasteiger partial charge on any atom is 0.264 e. The molecule has 1 N–H and O–H groups in total. The summed E-state index contributed by atoms with van der Waals surface area (Å²) < 4.78 is 0. The highest BCUT2D eigenvalue weighted by Gasteiger charge is 2.27. The lowest BCUT2D eigenvalue weighted by atomic mass is 9.93. The maximum absolute atomic E-state index is 13.1. The van der Waals surface area contributed by atoms with Gasteiger partial charge in [-0.3, -0.25) is 14.6 Å². The number of aryl methyl sites for hydroxylation is 1. The summed E-state index contributed by atoms with van der Waals surface area (Å²) in [5, 5.41) is 2.16.